The smallest absolute Gasteiger partial charge is 0.160 e. The van der Waals surface area contributed by atoms with Gasteiger partial charge in [0.25, 0.3) is 0 Å². The number of hydrogen-bond donors (Lipinski definition) is 0. The summed E-state index contributed by atoms with van der Waals surface area (Å²) in [5.74, 6) is 2.58. The van der Waals surface area contributed by atoms with Gasteiger partial charge in [0, 0.05) is 49.2 Å². The summed E-state index contributed by atoms with van der Waals surface area (Å²) in [4.78, 5) is 43.8. The molecule has 0 unspecified atom stereocenters. The molecule has 0 radical (unpaired) electrons. The fourth-order valence-electron chi connectivity index (χ4n) is 2.35. The van der Waals surface area contributed by atoms with Gasteiger partial charge < -0.3 is 4.74 Å². The molecule has 0 aromatic carbocycles. The number of rotatable bonds is 15. The fraction of sp³-hybridized carbons (Fsp3) is 0.875. The standard InChI is InChI=1S/C9H18O.C8H16O2.C8H16O.C7H14O3S/c1-7(2)5-6-9(10)8(3)4;1-6(2)8(9)5-10-7(3)4;1-6(2)5-8(9)7(3)4;1-6(2)7(8)4-5-11(3,9)10/h7-8H,5-6H2,1-4H3;6-7H,5H2,1-4H3;6-7H,5H2,1-4H3;6H,4-5H2,1-3H3. The van der Waals surface area contributed by atoms with E-state index in [0.29, 0.717) is 23.4 Å². The van der Waals surface area contributed by atoms with Crippen molar-refractivity contribution in [2.24, 2.45) is 35.5 Å². The maximum atomic E-state index is 11.0. The van der Waals surface area contributed by atoms with Gasteiger partial charge in [0.1, 0.15) is 33.8 Å². The van der Waals surface area contributed by atoms with Crippen LogP contribution in [0.4, 0.5) is 0 Å². The van der Waals surface area contributed by atoms with Crippen LogP contribution in [0.5, 0.6) is 0 Å². The zero-order valence-electron chi connectivity index (χ0n) is 28.6. The summed E-state index contributed by atoms with van der Waals surface area (Å²) in [6.45, 7) is 27.7. The molecule has 0 rings (SSSR count). The van der Waals surface area contributed by atoms with Crippen LogP contribution in [0.1, 0.15) is 123 Å². The summed E-state index contributed by atoms with van der Waals surface area (Å²) < 4.78 is 26.3. The topological polar surface area (TPSA) is 112 Å². The van der Waals surface area contributed by atoms with Crippen molar-refractivity contribution in [2.45, 2.75) is 129 Å². The van der Waals surface area contributed by atoms with Gasteiger partial charge in [0.15, 0.2) is 5.78 Å². The van der Waals surface area contributed by atoms with Crippen molar-refractivity contribution >= 4 is 33.0 Å². The van der Waals surface area contributed by atoms with E-state index in [9.17, 15) is 27.6 Å². The molecule has 240 valence electrons. The van der Waals surface area contributed by atoms with E-state index in [1.165, 1.54) is 0 Å². The van der Waals surface area contributed by atoms with E-state index in [4.69, 9.17) is 4.74 Å². The molecule has 0 atom stereocenters. The van der Waals surface area contributed by atoms with Gasteiger partial charge in [-0.25, -0.2) is 8.42 Å². The molecule has 0 heterocycles. The van der Waals surface area contributed by atoms with Gasteiger partial charge in [-0.2, -0.15) is 0 Å². The fourth-order valence-corrected chi connectivity index (χ4v) is 2.92. The normalized spacial score (nSPS) is 11.2. The van der Waals surface area contributed by atoms with Gasteiger partial charge in [-0.05, 0) is 32.1 Å². The molecular formula is C32H64O7S. The lowest BCUT2D eigenvalue weighted by Gasteiger charge is -2.07. The first kappa shape index (κ1) is 45.6. The van der Waals surface area contributed by atoms with E-state index in [-0.39, 0.29) is 60.1 Å². The highest BCUT2D eigenvalue weighted by Gasteiger charge is 2.11. The van der Waals surface area contributed by atoms with E-state index in [1.807, 2.05) is 55.4 Å². The second-order valence-corrected chi connectivity index (χ2v) is 15.0. The average Bonchev–Trinajstić information content (AvgIpc) is 2.79. The van der Waals surface area contributed by atoms with Crippen molar-refractivity contribution in [3.8, 4) is 0 Å². The first-order valence-electron chi connectivity index (χ1n) is 14.8. The predicted molar refractivity (Wildman–Crippen MR) is 168 cm³/mol. The van der Waals surface area contributed by atoms with Gasteiger partial charge in [-0.3, -0.25) is 19.2 Å². The largest absolute Gasteiger partial charge is 0.371 e. The minimum Gasteiger partial charge on any atom is -0.371 e. The lowest BCUT2D eigenvalue weighted by atomic mass is 9.99. The van der Waals surface area contributed by atoms with Crippen LogP contribution in [0.15, 0.2) is 0 Å². The molecule has 0 fully saturated rings. The van der Waals surface area contributed by atoms with Gasteiger partial charge in [-0.15, -0.1) is 0 Å². The first-order chi connectivity index (χ1) is 17.9. The third-order valence-electron chi connectivity index (χ3n) is 5.43. The van der Waals surface area contributed by atoms with E-state index in [2.05, 4.69) is 27.7 Å². The Morgan fingerprint density at radius 1 is 0.550 bits per heavy atom. The van der Waals surface area contributed by atoms with E-state index in [0.717, 1.165) is 25.5 Å². The van der Waals surface area contributed by atoms with Crippen molar-refractivity contribution < 1.29 is 32.3 Å². The molecule has 0 aliphatic carbocycles. The highest BCUT2D eigenvalue weighted by molar-refractivity contribution is 7.90. The van der Waals surface area contributed by atoms with Crippen LogP contribution < -0.4 is 0 Å². The summed E-state index contributed by atoms with van der Waals surface area (Å²) in [7, 11) is -2.97. The van der Waals surface area contributed by atoms with E-state index in [1.54, 1.807) is 13.8 Å². The van der Waals surface area contributed by atoms with Gasteiger partial charge in [-0.1, -0.05) is 83.1 Å². The van der Waals surface area contributed by atoms with Crippen molar-refractivity contribution in [1.82, 2.24) is 0 Å². The number of sulfone groups is 1. The number of hydrogen-bond acceptors (Lipinski definition) is 7. The molecule has 0 aliphatic heterocycles. The Morgan fingerprint density at radius 3 is 1.18 bits per heavy atom. The number of carbonyl (C=O) groups is 4. The van der Waals surface area contributed by atoms with Crippen LogP contribution in [0.3, 0.4) is 0 Å². The molecule has 0 bridgehead atoms. The van der Waals surface area contributed by atoms with Crippen LogP contribution in [0.2, 0.25) is 0 Å². The molecule has 0 spiro atoms. The summed E-state index contributed by atoms with van der Waals surface area (Å²) in [5, 5.41) is 0. The Labute approximate surface area is 247 Å². The molecule has 7 nitrogen and oxygen atoms in total. The quantitative estimate of drug-likeness (QED) is 0.198. The zero-order chi connectivity index (χ0) is 32.8. The maximum Gasteiger partial charge on any atom is 0.160 e. The molecular weight excluding hydrogens is 528 g/mol. The van der Waals surface area contributed by atoms with Crippen LogP contribution in [-0.2, 0) is 33.8 Å². The molecule has 0 aromatic heterocycles. The first-order valence-corrected chi connectivity index (χ1v) is 16.9. The Morgan fingerprint density at radius 2 is 0.925 bits per heavy atom. The predicted octanol–water partition coefficient (Wildman–Crippen LogP) is 7.19. The van der Waals surface area contributed by atoms with Crippen LogP contribution in [0.25, 0.3) is 0 Å². The molecule has 0 N–H and O–H groups in total. The second kappa shape index (κ2) is 25.3. The van der Waals surface area contributed by atoms with Gasteiger partial charge in [0.2, 0.25) is 0 Å². The number of ketones is 4. The number of Topliss-reactive ketones (excluding diaryl/α,β-unsaturated/α-hetero) is 4. The minimum absolute atomic E-state index is 0.00965. The van der Waals surface area contributed by atoms with E-state index < -0.39 is 9.84 Å². The second-order valence-electron chi connectivity index (χ2n) is 12.8. The lowest BCUT2D eigenvalue weighted by molar-refractivity contribution is -0.128. The minimum atomic E-state index is -2.97. The number of ether oxygens (including phenoxy) is 1. The van der Waals surface area contributed by atoms with Crippen LogP contribution >= 0.6 is 0 Å². The van der Waals surface area contributed by atoms with Gasteiger partial charge >= 0.3 is 0 Å². The molecule has 0 aliphatic rings. The summed E-state index contributed by atoms with van der Waals surface area (Å²) >= 11 is 0. The number of carbonyl (C=O) groups excluding carboxylic acids is 4. The average molecular weight is 593 g/mol. The maximum absolute atomic E-state index is 11.0. The molecule has 8 heteroatoms. The van der Waals surface area contributed by atoms with Gasteiger partial charge in [0.05, 0.1) is 11.9 Å². The Bertz CT molecular complexity index is 762. The lowest BCUT2D eigenvalue weighted by Crippen LogP contribution is -2.17. The Hall–Kier alpha value is -1.41. The van der Waals surface area contributed by atoms with Crippen molar-refractivity contribution in [3.63, 3.8) is 0 Å². The molecule has 40 heavy (non-hydrogen) atoms. The Kier molecular flexibility index (Phi) is 28.8. The molecule has 0 saturated carbocycles. The third kappa shape index (κ3) is 38.7. The molecule has 0 saturated heterocycles. The van der Waals surface area contributed by atoms with E-state index >= 15 is 0 Å². The highest BCUT2D eigenvalue weighted by Crippen LogP contribution is 2.08. The molecule has 0 aromatic rings. The summed E-state index contributed by atoms with van der Waals surface area (Å²) in [6, 6.07) is 0. The summed E-state index contributed by atoms with van der Waals surface area (Å²) in [5.41, 5.74) is 0. The van der Waals surface area contributed by atoms with Crippen molar-refractivity contribution in [1.29, 1.82) is 0 Å². The van der Waals surface area contributed by atoms with Crippen LogP contribution in [-0.4, -0.2) is 56.3 Å². The van der Waals surface area contributed by atoms with Crippen molar-refractivity contribution in [2.75, 3.05) is 18.6 Å². The zero-order valence-corrected chi connectivity index (χ0v) is 29.4. The van der Waals surface area contributed by atoms with Crippen molar-refractivity contribution in [3.05, 3.63) is 0 Å². The SMILES string of the molecule is CC(C)C(=O)CCS(C)(=O)=O.CC(C)CC(=O)C(C)C.CC(C)CCC(=O)C(C)C.CC(C)OCC(=O)C(C)C. The highest BCUT2D eigenvalue weighted by atomic mass is 32.2. The van der Waals surface area contributed by atoms with Crippen LogP contribution in [0, 0.1) is 35.5 Å². The Balaban J connectivity index is -0.000000217. The third-order valence-corrected chi connectivity index (χ3v) is 6.38. The molecule has 0 amide bonds. The monoisotopic (exact) mass is 592 g/mol. The summed E-state index contributed by atoms with van der Waals surface area (Å²) in [6.07, 6.45) is 3.98.